The van der Waals surface area contributed by atoms with E-state index in [2.05, 4.69) is 15.9 Å². The Hall–Kier alpha value is -1.29. The molecule has 0 amide bonds. The number of aromatic nitrogens is 1. The first-order valence-electron chi connectivity index (χ1n) is 4.66. The smallest absolute Gasteiger partial charge is 0.418 e. The van der Waals surface area contributed by atoms with Crippen LogP contribution in [-0.4, -0.2) is 17.3 Å². The van der Waals surface area contributed by atoms with Gasteiger partial charge in [0.15, 0.2) is 0 Å². The summed E-state index contributed by atoms with van der Waals surface area (Å²) in [5.41, 5.74) is 0.850. The largest absolute Gasteiger partial charge is 0.449 e. The second-order valence-electron chi connectivity index (χ2n) is 3.06. The number of carbonyl (C=O) groups excluding carboxylic acids is 1. The Kier molecular flexibility index (Phi) is 2.77. The maximum Gasteiger partial charge on any atom is 0.418 e. The molecular formula is C11H10BrNO2. The van der Waals surface area contributed by atoms with Crippen LogP contribution in [-0.2, 0) is 4.74 Å². The van der Waals surface area contributed by atoms with Crippen molar-refractivity contribution in [2.45, 2.75) is 6.92 Å². The Morgan fingerprint density at radius 3 is 2.93 bits per heavy atom. The number of ether oxygens (including phenoxy) is 1. The summed E-state index contributed by atoms with van der Waals surface area (Å²) in [5, 5.41) is 1.01. The second kappa shape index (κ2) is 4.06. The minimum Gasteiger partial charge on any atom is -0.449 e. The lowest BCUT2D eigenvalue weighted by Gasteiger charge is -2.02. The fourth-order valence-electron chi connectivity index (χ4n) is 1.48. The van der Waals surface area contributed by atoms with Crippen LogP contribution in [0.25, 0.3) is 10.9 Å². The molecule has 0 aliphatic carbocycles. The molecule has 1 aromatic carbocycles. The summed E-state index contributed by atoms with van der Waals surface area (Å²) in [6, 6.07) is 7.67. The van der Waals surface area contributed by atoms with Crippen LogP contribution >= 0.6 is 15.9 Å². The maximum atomic E-state index is 11.6. The van der Waals surface area contributed by atoms with Gasteiger partial charge in [0.2, 0.25) is 0 Å². The molecule has 78 valence electrons. The van der Waals surface area contributed by atoms with Crippen LogP contribution in [0, 0.1) is 0 Å². The molecule has 0 saturated carbocycles. The highest BCUT2D eigenvalue weighted by Crippen LogP contribution is 2.25. The third-order valence-electron chi connectivity index (χ3n) is 2.13. The highest BCUT2D eigenvalue weighted by Gasteiger charge is 2.11. The molecule has 0 saturated heterocycles. The molecule has 1 aromatic heterocycles. The Morgan fingerprint density at radius 2 is 2.20 bits per heavy atom. The summed E-state index contributed by atoms with van der Waals surface area (Å²) in [5.74, 6) is 0. The monoisotopic (exact) mass is 267 g/mol. The van der Waals surface area contributed by atoms with Gasteiger partial charge in [-0.05, 0) is 28.9 Å². The number of hydrogen-bond donors (Lipinski definition) is 0. The zero-order valence-electron chi connectivity index (χ0n) is 8.24. The van der Waals surface area contributed by atoms with Crippen molar-refractivity contribution in [3.63, 3.8) is 0 Å². The Morgan fingerprint density at radius 1 is 1.47 bits per heavy atom. The summed E-state index contributed by atoms with van der Waals surface area (Å²) < 4.78 is 7.35. The Labute approximate surface area is 95.8 Å². The zero-order chi connectivity index (χ0) is 10.8. The number of para-hydroxylation sites is 1. The van der Waals surface area contributed by atoms with Crippen LogP contribution in [0.15, 0.2) is 34.9 Å². The van der Waals surface area contributed by atoms with Crippen molar-refractivity contribution in [2.24, 2.45) is 0 Å². The van der Waals surface area contributed by atoms with Crippen molar-refractivity contribution >= 4 is 32.9 Å². The predicted molar refractivity (Wildman–Crippen MR) is 62.1 cm³/mol. The summed E-state index contributed by atoms with van der Waals surface area (Å²) in [4.78, 5) is 11.6. The molecule has 15 heavy (non-hydrogen) atoms. The van der Waals surface area contributed by atoms with Gasteiger partial charge in [0.05, 0.1) is 12.1 Å². The molecule has 4 heteroatoms. The predicted octanol–water partition coefficient (Wildman–Crippen LogP) is 3.41. The van der Waals surface area contributed by atoms with Crippen LogP contribution in [0.1, 0.15) is 6.92 Å². The lowest BCUT2D eigenvalue weighted by atomic mass is 10.2. The fourth-order valence-corrected chi connectivity index (χ4v) is 2.02. The van der Waals surface area contributed by atoms with Crippen molar-refractivity contribution < 1.29 is 9.53 Å². The molecule has 0 unspecified atom stereocenters. The van der Waals surface area contributed by atoms with E-state index >= 15 is 0 Å². The lowest BCUT2D eigenvalue weighted by molar-refractivity contribution is 0.155. The molecule has 0 radical (unpaired) electrons. The van der Waals surface area contributed by atoms with Gasteiger partial charge in [-0.1, -0.05) is 18.2 Å². The van der Waals surface area contributed by atoms with Crippen LogP contribution in [0.2, 0.25) is 0 Å². The summed E-state index contributed by atoms with van der Waals surface area (Å²) in [7, 11) is 0. The van der Waals surface area contributed by atoms with Gasteiger partial charge in [-0.3, -0.25) is 4.57 Å². The van der Waals surface area contributed by atoms with Gasteiger partial charge >= 0.3 is 6.09 Å². The average Bonchev–Trinajstić information content (AvgIpc) is 2.58. The molecule has 3 nitrogen and oxygen atoms in total. The molecule has 0 spiro atoms. The number of halogens is 1. The lowest BCUT2D eigenvalue weighted by Crippen LogP contribution is -2.11. The molecule has 0 N–H and O–H groups in total. The van der Waals surface area contributed by atoms with Crippen molar-refractivity contribution in [1.29, 1.82) is 0 Å². The minimum absolute atomic E-state index is 0.348. The van der Waals surface area contributed by atoms with E-state index in [9.17, 15) is 4.79 Å². The van der Waals surface area contributed by atoms with E-state index < -0.39 is 0 Å². The third kappa shape index (κ3) is 1.77. The SMILES string of the molecule is CCOC(=O)n1cc(Br)c2ccccc21. The minimum atomic E-state index is -0.348. The molecule has 0 fully saturated rings. The van der Waals surface area contributed by atoms with E-state index in [-0.39, 0.29) is 6.09 Å². The first-order valence-corrected chi connectivity index (χ1v) is 5.46. The molecule has 2 aromatic rings. The topological polar surface area (TPSA) is 31.2 Å². The molecule has 0 bridgehead atoms. The van der Waals surface area contributed by atoms with Crippen LogP contribution in [0.5, 0.6) is 0 Å². The number of nitrogens with zero attached hydrogens (tertiary/aromatic N) is 1. The van der Waals surface area contributed by atoms with Crippen molar-refractivity contribution in [3.05, 3.63) is 34.9 Å². The van der Waals surface area contributed by atoms with Gasteiger partial charge in [0, 0.05) is 16.1 Å². The Bertz CT molecular complexity index is 504. The molecule has 2 rings (SSSR count). The molecule has 1 heterocycles. The summed E-state index contributed by atoms with van der Waals surface area (Å²) in [6.07, 6.45) is 1.38. The van der Waals surface area contributed by atoms with Crippen molar-refractivity contribution in [1.82, 2.24) is 4.57 Å². The van der Waals surface area contributed by atoms with Gasteiger partial charge in [0.25, 0.3) is 0 Å². The van der Waals surface area contributed by atoms with Gasteiger partial charge in [-0.25, -0.2) is 4.79 Å². The van der Waals surface area contributed by atoms with E-state index in [1.54, 1.807) is 13.1 Å². The summed E-state index contributed by atoms with van der Waals surface area (Å²) >= 11 is 3.41. The number of rotatable bonds is 1. The van der Waals surface area contributed by atoms with E-state index in [4.69, 9.17) is 4.74 Å². The van der Waals surface area contributed by atoms with E-state index in [1.165, 1.54) is 4.57 Å². The van der Waals surface area contributed by atoms with Crippen LogP contribution < -0.4 is 0 Å². The van der Waals surface area contributed by atoms with E-state index in [0.717, 1.165) is 15.4 Å². The van der Waals surface area contributed by atoms with Gasteiger partial charge in [-0.15, -0.1) is 0 Å². The second-order valence-corrected chi connectivity index (χ2v) is 3.92. The van der Waals surface area contributed by atoms with Gasteiger partial charge in [-0.2, -0.15) is 0 Å². The highest BCUT2D eigenvalue weighted by atomic mass is 79.9. The molecule has 0 aliphatic rings. The molecular weight excluding hydrogens is 258 g/mol. The van der Waals surface area contributed by atoms with Crippen LogP contribution in [0.3, 0.4) is 0 Å². The first kappa shape index (κ1) is 10.2. The Balaban J connectivity index is 2.57. The normalized spacial score (nSPS) is 10.5. The third-order valence-corrected chi connectivity index (χ3v) is 2.76. The quantitative estimate of drug-likeness (QED) is 0.793. The van der Waals surface area contributed by atoms with Crippen LogP contribution in [0.4, 0.5) is 4.79 Å². The summed E-state index contributed by atoms with van der Waals surface area (Å²) in [6.45, 7) is 2.17. The standard InChI is InChI=1S/C11H10BrNO2/c1-2-15-11(14)13-7-9(12)8-5-3-4-6-10(8)13/h3-7H,2H2,1H3. The highest BCUT2D eigenvalue weighted by molar-refractivity contribution is 9.10. The fraction of sp³-hybridized carbons (Fsp3) is 0.182. The molecule has 0 aliphatic heterocycles. The van der Waals surface area contributed by atoms with Crippen molar-refractivity contribution in [2.75, 3.05) is 6.61 Å². The van der Waals surface area contributed by atoms with E-state index in [0.29, 0.717) is 6.61 Å². The van der Waals surface area contributed by atoms with E-state index in [1.807, 2.05) is 24.3 Å². The number of benzene rings is 1. The maximum absolute atomic E-state index is 11.6. The van der Waals surface area contributed by atoms with Crippen molar-refractivity contribution in [3.8, 4) is 0 Å². The first-order chi connectivity index (χ1) is 7.24. The zero-order valence-corrected chi connectivity index (χ0v) is 9.82. The average molecular weight is 268 g/mol. The number of carbonyl (C=O) groups is 1. The number of fused-ring (bicyclic) bond motifs is 1. The molecule has 0 atom stereocenters. The van der Waals surface area contributed by atoms with Gasteiger partial charge < -0.3 is 4.74 Å². The van der Waals surface area contributed by atoms with Gasteiger partial charge in [0.1, 0.15) is 0 Å². The number of hydrogen-bond acceptors (Lipinski definition) is 2.